The summed E-state index contributed by atoms with van der Waals surface area (Å²) in [5.74, 6) is 0. The van der Waals surface area contributed by atoms with Crippen LogP contribution in [0.3, 0.4) is 0 Å². The molecule has 0 bridgehead atoms. The zero-order valence-corrected chi connectivity index (χ0v) is 10.0. The van der Waals surface area contributed by atoms with Crippen LogP contribution < -0.4 is 5.32 Å². The molecule has 1 aliphatic rings. The lowest BCUT2D eigenvalue weighted by molar-refractivity contribution is 0.208. The second-order valence-corrected chi connectivity index (χ2v) is 5.42. The molecule has 14 heavy (non-hydrogen) atoms. The summed E-state index contributed by atoms with van der Waals surface area (Å²) in [5.41, 5.74) is 1.91. The van der Waals surface area contributed by atoms with Crippen molar-refractivity contribution in [2.45, 2.75) is 58.9 Å². The summed E-state index contributed by atoms with van der Waals surface area (Å²) in [4.78, 5) is 0. The monoisotopic (exact) mass is 195 g/mol. The van der Waals surface area contributed by atoms with Crippen LogP contribution in [0, 0.1) is 5.41 Å². The maximum absolute atomic E-state index is 4.02. The highest BCUT2D eigenvalue weighted by Gasteiger charge is 2.26. The van der Waals surface area contributed by atoms with Gasteiger partial charge in [-0.05, 0) is 37.5 Å². The van der Waals surface area contributed by atoms with E-state index in [4.69, 9.17) is 0 Å². The van der Waals surface area contributed by atoms with Crippen LogP contribution in [0.15, 0.2) is 12.2 Å². The highest BCUT2D eigenvalue weighted by atomic mass is 14.9. The molecule has 1 fully saturated rings. The van der Waals surface area contributed by atoms with Gasteiger partial charge in [-0.25, -0.2) is 0 Å². The molecule has 82 valence electrons. The third-order valence-electron chi connectivity index (χ3n) is 3.48. The zero-order chi connectivity index (χ0) is 10.6. The normalized spacial score (nSPS) is 22.2. The van der Waals surface area contributed by atoms with Crippen molar-refractivity contribution < 1.29 is 0 Å². The largest absolute Gasteiger partial charge is 0.310 e. The van der Waals surface area contributed by atoms with Crippen LogP contribution >= 0.6 is 0 Å². The van der Waals surface area contributed by atoms with Gasteiger partial charge in [0.15, 0.2) is 0 Å². The number of nitrogens with one attached hydrogen (secondary N) is 1. The summed E-state index contributed by atoms with van der Waals surface area (Å²) in [6.45, 7) is 12.0. The molecule has 0 aliphatic heterocycles. The van der Waals surface area contributed by atoms with E-state index in [1.54, 1.807) is 0 Å². The maximum Gasteiger partial charge on any atom is 0.0164 e. The molecule has 0 unspecified atom stereocenters. The van der Waals surface area contributed by atoms with Crippen LogP contribution in [0.25, 0.3) is 0 Å². The van der Waals surface area contributed by atoms with E-state index >= 15 is 0 Å². The third-order valence-corrected chi connectivity index (χ3v) is 3.48. The Bertz CT molecular complexity index is 183. The minimum Gasteiger partial charge on any atom is -0.310 e. The quantitative estimate of drug-likeness (QED) is 0.677. The minimum absolute atomic E-state index is 0.583. The summed E-state index contributed by atoms with van der Waals surface area (Å²) >= 11 is 0. The first-order valence-corrected chi connectivity index (χ1v) is 5.93. The third kappa shape index (κ3) is 3.83. The topological polar surface area (TPSA) is 12.0 Å². The molecule has 0 saturated heterocycles. The molecule has 0 atom stereocenters. The van der Waals surface area contributed by atoms with Crippen molar-refractivity contribution in [3.05, 3.63) is 12.2 Å². The maximum atomic E-state index is 4.02. The van der Waals surface area contributed by atoms with E-state index in [0.717, 1.165) is 19.0 Å². The Hall–Kier alpha value is -0.300. The number of hydrogen-bond donors (Lipinski definition) is 1. The highest BCUT2D eigenvalue weighted by molar-refractivity contribution is 4.96. The zero-order valence-electron chi connectivity index (χ0n) is 10.0. The molecule has 1 N–H and O–H groups in total. The predicted molar refractivity (Wildman–Crippen MR) is 63.5 cm³/mol. The lowest BCUT2D eigenvalue weighted by Crippen LogP contribution is -2.36. The standard InChI is InChI=1S/C13H25N/c1-5-11(2)10-14-12-6-8-13(3,4)9-7-12/h12,14H,2,5-10H2,1,3-4H3. The van der Waals surface area contributed by atoms with Gasteiger partial charge in [-0.1, -0.05) is 32.9 Å². The van der Waals surface area contributed by atoms with E-state index < -0.39 is 0 Å². The van der Waals surface area contributed by atoms with E-state index in [2.05, 4.69) is 32.7 Å². The second kappa shape index (κ2) is 4.97. The van der Waals surface area contributed by atoms with Gasteiger partial charge in [-0.2, -0.15) is 0 Å². The Kier molecular flexibility index (Phi) is 4.18. The highest BCUT2D eigenvalue weighted by Crippen LogP contribution is 2.34. The van der Waals surface area contributed by atoms with Crippen molar-refractivity contribution in [2.24, 2.45) is 5.41 Å². The summed E-state index contributed by atoms with van der Waals surface area (Å²) < 4.78 is 0. The van der Waals surface area contributed by atoms with Gasteiger partial charge in [0.05, 0.1) is 0 Å². The Labute approximate surface area is 89.0 Å². The molecule has 0 aromatic carbocycles. The first-order valence-electron chi connectivity index (χ1n) is 5.93. The molecular weight excluding hydrogens is 170 g/mol. The Morgan fingerprint density at radius 3 is 2.43 bits per heavy atom. The van der Waals surface area contributed by atoms with Crippen molar-refractivity contribution in [3.8, 4) is 0 Å². The van der Waals surface area contributed by atoms with E-state index in [1.807, 2.05) is 0 Å². The molecule has 1 saturated carbocycles. The van der Waals surface area contributed by atoms with Gasteiger partial charge in [0.2, 0.25) is 0 Å². The summed E-state index contributed by atoms with van der Waals surface area (Å²) in [5, 5.41) is 3.61. The van der Waals surface area contributed by atoms with Crippen LogP contribution in [-0.4, -0.2) is 12.6 Å². The second-order valence-electron chi connectivity index (χ2n) is 5.42. The molecular formula is C13H25N. The van der Waals surface area contributed by atoms with Crippen molar-refractivity contribution in [1.29, 1.82) is 0 Å². The van der Waals surface area contributed by atoms with E-state index in [9.17, 15) is 0 Å². The molecule has 0 radical (unpaired) electrons. The summed E-state index contributed by atoms with van der Waals surface area (Å²) in [7, 11) is 0. The lowest BCUT2D eigenvalue weighted by Gasteiger charge is -2.34. The SMILES string of the molecule is C=C(CC)CNC1CCC(C)(C)CC1. The van der Waals surface area contributed by atoms with E-state index in [0.29, 0.717) is 5.41 Å². The molecule has 1 heteroatoms. The smallest absolute Gasteiger partial charge is 0.0164 e. The number of hydrogen-bond acceptors (Lipinski definition) is 1. The van der Waals surface area contributed by atoms with Gasteiger partial charge in [-0.15, -0.1) is 0 Å². The van der Waals surface area contributed by atoms with Crippen LogP contribution in [0.2, 0.25) is 0 Å². The van der Waals surface area contributed by atoms with Crippen molar-refractivity contribution >= 4 is 0 Å². The van der Waals surface area contributed by atoms with E-state index in [-0.39, 0.29) is 0 Å². The van der Waals surface area contributed by atoms with Gasteiger partial charge in [0.25, 0.3) is 0 Å². The molecule has 0 aromatic rings. The van der Waals surface area contributed by atoms with Crippen molar-refractivity contribution in [1.82, 2.24) is 5.32 Å². The Morgan fingerprint density at radius 2 is 1.93 bits per heavy atom. The fourth-order valence-corrected chi connectivity index (χ4v) is 2.02. The van der Waals surface area contributed by atoms with Crippen LogP contribution in [0.1, 0.15) is 52.9 Å². The Morgan fingerprint density at radius 1 is 1.36 bits per heavy atom. The average molecular weight is 195 g/mol. The minimum atomic E-state index is 0.583. The van der Waals surface area contributed by atoms with Gasteiger partial charge in [-0.3, -0.25) is 0 Å². The van der Waals surface area contributed by atoms with Crippen LogP contribution in [0.4, 0.5) is 0 Å². The van der Waals surface area contributed by atoms with Crippen LogP contribution in [-0.2, 0) is 0 Å². The fraction of sp³-hybridized carbons (Fsp3) is 0.846. The molecule has 0 heterocycles. The number of rotatable bonds is 4. The average Bonchev–Trinajstić information content (AvgIpc) is 2.16. The van der Waals surface area contributed by atoms with Gasteiger partial charge < -0.3 is 5.32 Å². The van der Waals surface area contributed by atoms with Gasteiger partial charge in [0.1, 0.15) is 0 Å². The first-order chi connectivity index (χ1) is 6.53. The van der Waals surface area contributed by atoms with Crippen molar-refractivity contribution in [2.75, 3.05) is 6.54 Å². The molecule has 1 rings (SSSR count). The predicted octanol–water partition coefficient (Wildman–Crippen LogP) is 3.51. The molecule has 0 spiro atoms. The summed E-state index contributed by atoms with van der Waals surface area (Å²) in [6.07, 6.45) is 6.51. The van der Waals surface area contributed by atoms with Crippen LogP contribution in [0.5, 0.6) is 0 Å². The first kappa shape index (κ1) is 11.8. The Balaban J connectivity index is 2.19. The van der Waals surface area contributed by atoms with Gasteiger partial charge in [0, 0.05) is 12.6 Å². The molecule has 0 amide bonds. The molecule has 1 nitrogen and oxygen atoms in total. The summed E-state index contributed by atoms with van der Waals surface area (Å²) in [6, 6.07) is 0.742. The fourth-order valence-electron chi connectivity index (χ4n) is 2.02. The molecule has 0 aromatic heterocycles. The molecule has 1 aliphatic carbocycles. The van der Waals surface area contributed by atoms with E-state index in [1.165, 1.54) is 31.3 Å². The van der Waals surface area contributed by atoms with Gasteiger partial charge >= 0.3 is 0 Å². The lowest BCUT2D eigenvalue weighted by atomic mass is 9.75. The van der Waals surface area contributed by atoms with Crippen molar-refractivity contribution in [3.63, 3.8) is 0 Å².